The molecule has 0 fully saturated rings. The Labute approximate surface area is 154 Å². The van der Waals surface area contributed by atoms with Gasteiger partial charge in [-0.05, 0) is 48.0 Å². The minimum atomic E-state index is -0.460. The number of nitrogens with one attached hydrogen (secondary N) is 2. The Balaban J connectivity index is 1.80. The van der Waals surface area contributed by atoms with Gasteiger partial charge in [0.1, 0.15) is 5.75 Å². The fraction of sp³-hybridized carbons (Fsp3) is 0.118. The number of hydrazone groups is 1. The lowest BCUT2D eigenvalue weighted by molar-refractivity contribution is -0.120. The Morgan fingerprint density at radius 3 is 2.48 bits per heavy atom. The first-order valence-electron chi connectivity index (χ1n) is 7.19. The van der Waals surface area contributed by atoms with E-state index in [1.54, 1.807) is 31.4 Å². The second kappa shape index (κ2) is 9.05. The van der Waals surface area contributed by atoms with Crippen LogP contribution in [0.5, 0.6) is 5.75 Å². The molecule has 25 heavy (non-hydrogen) atoms. The molecule has 0 atom stereocenters. The molecule has 0 spiro atoms. The van der Waals surface area contributed by atoms with Gasteiger partial charge >= 0.3 is 0 Å². The number of nitrogens with zero attached hydrogens (tertiary/aromatic N) is 1. The zero-order valence-corrected chi connectivity index (χ0v) is 14.8. The van der Waals surface area contributed by atoms with Gasteiger partial charge in [-0.3, -0.25) is 9.59 Å². The van der Waals surface area contributed by atoms with Crippen molar-refractivity contribution in [3.8, 4) is 5.75 Å². The van der Waals surface area contributed by atoms with Gasteiger partial charge in [-0.1, -0.05) is 23.2 Å². The Morgan fingerprint density at radius 1 is 1.12 bits per heavy atom. The quantitative estimate of drug-likeness (QED) is 0.598. The van der Waals surface area contributed by atoms with Crippen LogP contribution in [0.1, 0.15) is 15.9 Å². The smallest absolute Gasteiger partial charge is 0.259 e. The third-order valence-corrected chi connectivity index (χ3v) is 3.85. The largest absolute Gasteiger partial charge is 0.497 e. The maximum Gasteiger partial charge on any atom is 0.259 e. The van der Waals surface area contributed by atoms with Crippen LogP contribution in [-0.4, -0.2) is 31.7 Å². The van der Waals surface area contributed by atoms with Crippen molar-refractivity contribution in [2.45, 2.75) is 0 Å². The summed E-state index contributed by atoms with van der Waals surface area (Å²) in [6.45, 7) is -0.223. The van der Waals surface area contributed by atoms with E-state index in [1.165, 1.54) is 24.4 Å². The molecule has 0 radical (unpaired) electrons. The number of amides is 2. The summed E-state index contributed by atoms with van der Waals surface area (Å²) < 4.78 is 5.05. The van der Waals surface area contributed by atoms with Gasteiger partial charge < -0.3 is 10.1 Å². The number of hydrogen-bond acceptors (Lipinski definition) is 4. The van der Waals surface area contributed by atoms with E-state index in [-0.39, 0.29) is 11.6 Å². The molecule has 2 N–H and O–H groups in total. The lowest BCUT2D eigenvalue weighted by Gasteiger charge is -2.05. The Kier molecular flexibility index (Phi) is 6.80. The molecule has 0 aromatic heterocycles. The molecule has 0 aliphatic carbocycles. The number of hydrogen-bond donors (Lipinski definition) is 2. The number of ether oxygens (including phenoxy) is 1. The molecule has 0 aliphatic rings. The molecule has 2 aromatic rings. The summed E-state index contributed by atoms with van der Waals surface area (Å²) >= 11 is 11.6. The predicted molar refractivity (Wildman–Crippen MR) is 97.5 cm³/mol. The maximum atomic E-state index is 11.9. The van der Waals surface area contributed by atoms with Crippen LogP contribution < -0.4 is 15.5 Å². The molecule has 2 rings (SSSR count). The highest BCUT2D eigenvalue weighted by atomic mass is 35.5. The van der Waals surface area contributed by atoms with Crippen molar-refractivity contribution in [1.29, 1.82) is 0 Å². The predicted octanol–water partition coefficient (Wildman–Crippen LogP) is 2.88. The van der Waals surface area contributed by atoms with Crippen LogP contribution in [0.4, 0.5) is 0 Å². The molecule has 8 heteroatoms. The van der Waals surface area contributed by atoms with Crippen molar-refractivity contribution in [1.82, 2.24) is 10.7 Å². The molecular formula is C17H15Cl2N3O3. The zero-order valence-electron chi connectivity index (χ0n) is 13.3. The molecule has 6 nitrogen and oxygen atoms in total. The summed E-state index contributed by atoms with van der Waals surface area (Å²) in [7, 11) is 1.58. The fourth-order valence-corrected chi connectivity index (χ4v) is 2.11. The summed E-state index contributed by atoms with van der Waals surface area (Å²) in [5, 5.41) is 6.90. The first kappa shape index (κ1) is 18.8. The number of carbonyl (C=O) groups excluding carboxylic acids is 2. The van der Waals surface area contributed by atoms with E-state index < -0.39 is 11.8 Å². The van der Waals surface area contributed by atoms with Gasteiger partial charge in [0, 0.05) is 5.56 Å². The van der Waals surface area contributed by atoms with Crippen LogP contribution in [0.2, 0.25) is 10.0 Å². The minimum Gasteiger partial charge on any atom is -0.497 e. The first-order valence-corrected chi connectivity index (χ1v) is 7.94. The average molecular weight is 380 g/mol. The molecule has 0 heterocycles. The normalized spacial score (nSPS) is 10.5. The van der Waals surface area contributed by atoms with Crippen LogP contribution in [0.15, 0.2) is 47.6 Å². The fourth-order valence-electron chi connectivity index (χ4n) is 1.81. The SMILES string of the molecule is COc1ccc(C=NNC(=O)CNC(=O)c2ccc(Cl)c(Cl)c2)cc1. The van der Waals surface area contributed by atoms with Gasteiger partial charge in [0.15, 0.2) is 0 Å². The lowest BCUT2D eigenvalue weighted by Crippen LogP contribution is -2.34. The van der Waals surface area contributed by atoms with Gasteiger partial charge in [-0.25, -0.2) is 5.43 Å². The number of carbonyl (C=O) groups is 2. The van der Waals surface area contributed by atoms with Crippen molar-refractivity contribution in [2.75, 3.05) is 13.7 Å². The van der Waals surface area contributed by atoms with Crippen LogP contribution in [0.25, 0.3) is 0 Å². The highest BCUT2D eigenvalue weighted by molar-refractivity contribution is 6.42. The van der Waals surface area contributed by atoms with Crippen molar-refractivity contribution >= 4 is 41.2 Å². The Bertz CT molecular complexity index is 792. The molecule has 130 valence electrons. The van der Waals surface area contributed by atoms with Crippen LogP contribution in [0, 0.1) is 0 Å². The molecule has 0 bridgehead atoms. The van der Waals surface area contributed by atoms with E-state index in [0.717, 1.165) is 11.3 Å². The number of rotatable bonds is 6. The summed E-state index contributed by atoms with van der Waals surface area (Å²) in [4.78, 5) is 23.6. The molecule has 0 saturated carbocycles. The van der Waals surface area contributed by atoms with Crippen molar-refractivity contribution in [3.05, 3.63) is 63.6 Å². The Morgan fingerprint density at radius 2 is 1.84 bits per heavy atom. The maximum absolute atomic E-state index is 11.9. The molecule has 2 aromatic carbocycles. The van der Waals surface area contributed by atoms with E-state index in [4.69, 9.17) is 27.9 Å². The Hall–Kier alpha value is -2.57. The molecular weight excluding hydrogens is 365 g/mol. The second-order valence-corrected chi connectivity index (χ2v) is 5.69. The summed E-state index contributed by atoms with van der Waals surface area (Å²) in [5.74, 6) is -0.169. The summed E-state index contributed by atoms with van der Waals surface area (Å²) in [6, 6.07) is 11.6. The monoisotopic (exact) mass is 379 g/mol. The van der Waals surface area contributed by atoms with Gasteiger partial charge in [-0.2, -0.15) is 5.10 Å². The van der Waals surface area contributed by atoms with Crippen molar-refractivity contribution in [3.63, 3.8) is 0 Å². The van der Waals surface area contributed by atoms with Crippen LogP contribution in [0.3, 0.4) is 0 Å². The number of benzene rings is 2. The van der Waals surface area contributed by atoms with Gasteiger partial charge in [0.2, 0.25) is 0 Å². The molecule has 0 aliphatic heterocycles. The highest BCUT2D eigenvalue weighted by Crippen LogP contribution is 2.22. The van der Waals surface area contributed by atoms with E-state index >= 15 is 0 Å². The minimum absolute atomic E-state index is 0.223. The van der Waals surface area contributed by atoms with Crippen molar-refractivity contribution < 1.29 is 14.3 Å². The molecule has 2 amide bonds. The van der Waals surface area contributed by atoms with E-state index in [0.29, 0.717) is 10.6 Å². The third-order valence-electron chi connectivity index (χ3n) is 3.11. The average Bonchev–Trinajstić information content (AvgIpc) is 2.62. The van der Waals surface area contributed by atoms with Gasteiger partial charge in [0.05, 0.1) is 29.9 Å². The van der Waals surface area contributed by atoms with E-state index in [1.807, 2.05) is 0 Å². The second-order valence-electron chi connectivity index (χ2n) is 4.88. The summed E-state index contributed by atoms with van der Waals surface area (Å²) in [5.41, 5.74) is 3.43. The zero-order chi connectivity index (χ0) is 18.2. The molecule has 0 saturated heterocycles. The summed E-state index contributed by atoms with van der Waals surface area (Å²) in [6.07, 6.45) is 1.48. The highest BCUT2D eigenvalue weighted by Gasteiger charge is 2.09. The van der Waals surface area contributed by atoms with E-state index in [2.05, 4.69) is 15.8 Å². The third kappa shape index (κ3) is 5.77. The topological polar surface area (TPSA) is 79.8 Å². The van der Waals surface area contributed by atoms with Gasteiger partial charge in [0.25, 0.3) is 11.8 Å². The standard InChI is InChI=1S/C17H15Cl2N3O3/c1-25-13-5-2-11(3-6-13)9-21-22-16(23)10-20-17(24)12-4-7-14(18)15(19)8-12/h2-9H,10H2,1H3,(H,20,24)(H,22,23). The lowest BCUT2D eigenvalue weighted by atomic mass is 10.2. The number of methoxy groups -OCH3 is 1. The van der Waals surface area contributed by atoms with Crippen molar-refractivity contribution in [2.24, 2.45) is 5.10 Å². The van der Waals surface area contributed by atoms with E-state index in [9.17, 15) is 9.59 Å². The first-order chi connectivity index (χ1) is 12.0. The number of halogens is 2. The van der Waals surface area contributed by atoms with Crippen LogP contribution >= 0.6 is 23.2 Å². The van der Waals surface area contributed by atoms with Gasteiger partial charge in [-0.15, -0.1) is 0 Å². The van der Waals surface area contributed by atoms with Crippen LogP contribution in [-0.2, 0) is 4.79 Å². The molecule has 0 unspecified atom stereocenters.